The molecule has 0 atom stereocenters. The van der Waals surface area contributed by atoms with E-state index in [0.29, 0.717) is 0 Å². The van der Waals surface area contributed by atoms with E-state index >= 15 is 0 Å². The molecule has 4 heteroatoms. The summed E-state index contributed by atoms with van der Waals surface area (Å²) in [5.74, 6) is 0.148. The largest absolute Gasteiger partial charge is 0.346 e. The molecule has 1 aliphatic rings. The maximum Gasteiger partial charge on any atom is 0.215 e. The molecule has 1 radical (unpaired) electrons. The summed E-state index contributed by atoms with van der Waals surface area (Å²) in [6.07, 6.45) is 10.5. The van der Waals surface area contributed by atoms with Crippen molar-refractivity contribution in [3.63, 3.8) is 0 Å². The minimum Gasteiger partial charge on any atom is -0.346 e. The Morgan fingerprint density at radius 1 is 0.684 bits per heavy atom. The molecule has 0 amide bonds. The van der Waals surface area contributed by atoms with Gasteiger partial charge in [-0.2, -0.15) is 0 Å². The molecule has 1 aliphatic carbocycles. The molecule has 1 aromatic heterocycles. The molecule has 1 heterocycles. The Morgan fingerprint density at radius 2 is 1.16 bits per heavy atom. The molecule has 0 spiro atoms. The van der Waals surface area contributed by atoms with Gasteiger partial charge >= 0.3 is 0 Å². The molecular formula is C34H34BN2Si. The van der Waals surface area contributed by atoms with Crippen LogP contribution >= 0.6 is 0 Å². The molecule has 1 saturated carbocycles. The fourth-order valence-electron chi connectivity index (χ4n) is 6.58. The standard InChI is InChI=1S/C34H34BN2Si/c1-5-15-28(16-6-1)33(29-17-7-2-8-18-29)35-34-36-25-26-37(34)27-38(32-23-13-14-24-32,30-19-9-3-10-20-30)31-21-11-4-12-22-31/h1-12,15-22,25-26,32-33H,13-14,23-24,27H2. The highest BCUT2D eigenvalue weighted by Gasteiger charge is 2.46. The highest BCUT2D eigenvalue weighted by Crippen LogP contribution is 2.39. The lowest BCUT2D eigenvalue weighted by Crippen LogP contribution is -2.65. The van der Waals surface area contributed by atoms with Crippen molar-refractivity contribution in [1.82, 2.24) is 9.55 Å². The maximum absolute atomic E-state index is 4.93. The summed E-state index contributed by atoms with van der Waals surface area (Å²) in [7, 11) is 0.212. The van der Waals surface area contributed by atoms with Crippen molar-refractivity contribution in [2.75, 3.05) is 0 Å². The Balaban J connectivity index is 1.43. The fourth-order valence-corrected chi connectivity index (χ4v) is 12.2. The smallest absolute Gasteiger partial charge is 0.215 e. The van der Waals surface area contributed by atoms with Crippen LogP contribution in [0.25, 0.3) is 0 Å². The summed E-state index contributed by atoms with van der Waals surface area (Å²) in [5.41, 5.74) is 4.36. The van der Waals surface area contributed by atoms with Gasteiger partial charge in [0, 0.05) is 18.6 Å². The number of hydrogen-bond donors (Lipinski definition) is 0. The van der Waals surface area contributed by atoms with E-state index in [1.54, 1.807) is 10.4 Å². The summed E-state index contributed by atoms with van der Waals surface area (Å²) in [5, 5.41) is 3.08. The predicted octanol–water partition coefficient (Wildman–Crippen LogP) is 5.75. The predicted molar refractivity (Wildman–Crippen MR) is 162 cm³/mol. The molecule has 187 valence electrons. The molecule has 0 aliphatic heterocycles. The van der Waals surface area contributed by atoms with E-state index in [2.05, 4.69) is 139 Å². The molecule has 6 rings (SSSR count). The molecule has 5 aromatic rings. The molecule has 38 heavy (non-hydrogen) atoms. The molecule has 0 bridgehead atoms. The monoisotopic (exact) mass is 509 g/mol. The van der Waals surface area contributed by atoms with Gasteiger partial charge in [0.2, 0.25) is 7.28 Å². The lowest BCUT2D eigenvalue weighted by Gasteiger charge is -2.39. The van der Waals surface area contributed by atoms with Crippen LogP contribution in [0.15, 0.2) is 134 Å². The Kier molecular flexibility index (Phi) is 7.41. The van der Waals surface area contributed by atoms with Crippen LogP contribution in [0.5, 0.6) is 0 Å². The molecular weight excluding hydrogens is 475 g/mol. The number of aromatic nitrogens is 2. The van der Waals surface area contributed by atoms with Gasteiger partial charge in [0.1, 0.15) is 8.07 Å². The SMILES string of the molecule is [B](c1nccn1C[Si](c1ccccc1)(c1ccccc1)C1CCCC1)C(c1ccccc1)c1ccccc1. The normalized spacial score (nSPS) is 14.1. The van der Waals surface area contributed by atoms with Crippen molar-refractivity contribution in [3.05, 3.63) is 145 Å². The van der Waals surface area contributed by atoms with Gasteiger partial charge in [-0.25, -0.2) is 0 Å². The number of nitrogens with zero attached hydrogens (tertiary/aromatic N) is 2. The average Bonchev–Trinajstić information content (AvgIpc) is 3.69. The van der Waals surface area contributed by atoms with Crippen molar-refractivity contribution in [1.29, 1.82) is 0 Å². The van der Waals surface area contributed by atoms with Gasteiger partial charge in [-0.05, 0) is 22.5 Å². The van der Waals surface area contributed by atoms with E-state index in [1.165, 1.54) is 36.8 Å². The molecule has 2 nitrogen and oxygen atoms in total. The first-order chi connectivity index (χ1) is 18.8. The number of hydrogen-bond acceptors (Lipinski definition) is 1. The van der Waals surface area contributed by atoms with Crippen LogP contribution in [0.2, 0.25) is 5.54 Å². The van der Waals surface area contributed by atoms with Crippen LogP contribution in [0.1, 0.15) is 42.6 Å². The first-order valence-electron chi connectivity index (χ1n) is 13.9. The fraction of sp³-hybridized carbons (Fsp3) is 0.206. The minimum atomic E-state index is -2.16. The summed E-state index contributed by atoms with van der Waals surface area (Å²) < 4.78 is 2.46. The third-order valence-corrected chi connectivity index (χ3v) is 14.0. The third kappa shape index (κ3) is 4.93. The molecule has 0 saturated heterocycles. The van der Waals surface area contributed by atoms with E-state index in [9.17, 15) is 0 Å². The highest BCUT2D eigenvalue weighted by atomic mass is 28.3. The van der Waals surface area contributed by atoms with Crippen LogP contribution in [0, 0.1) is 0 Å². The number of benzene rings is 4. The Morgan fingerprint density at radius 3 is 1.66 bits per heavy atom. The first kappa shape index (κ1) is 24.7. The van der Waals surface area contributed by atoms with Crippen molar-refractivity contribution >= 4 is 31.5 Å². The third-order valence-electron chi connectivity index (χ3n) is 8.43. The van der Waals surface area contributed by atoms with Gasteiger partial charge in [-0.3, -0.25) is 4.98 Å². The van der Waals surface area contributed by atoms with Crippen LogP contribution < -0.4 is 16.1 Å². The van der Waals surface area contributed by atoms with E-state index < -0.39 is 8.07 Å². The van der Waals surface area contributed by atoms with Crippen LogP contribution in [-0.2, 0) is 6.17 Å². The van der Waals surface area contributed by atoms with Crippen LogP contribution in [0.4, 0.5) is 0 Å². The van der Waals surface area contributed by atoms with Crippen molar-refractivity contribution < 1.29 is 0 Å². The van der Waals surface area contributed by atoms with Crippen LogP contribution in [0.3, 0.4) is 0 Å². The Hall–Kier alpha value is -3.63. The zero-order chi connectivity index (χ0) is 25.6. The van der Waals surface area contributed by atoms with Gasteiger partial charge < -0.3 is 4.57 Å². The molecule has 0 N–H and O–H groups in total. The highest BCUT2D eigenvalue weighted by molar-refractivity contribution is 7.02. The van der Waals surface area contributed by atoms with E-state index in [-0.39, 0.29) is 5.82 Å². The molecule has 4 aromatic carbocycles. The second-order valence-corrected chi connectivity index (χ2v) is 14.8. The summed E-state index contributed by atoms with van der Waals surface area (Å²) >= 11 is 0. The first-order valence-corrected chi connectivity index (χ1v) is 16.2. The van der Waals surface area contributed by atoms with Crippen LogP contribution in [-0.4, -0.2) is 24.9 Å². The Labute approximate surface area is 228 Å². The van der Waals surface area contributed by atoms with Crippen molar-refractivity contribution in [2.24, 2.45) is 0 Å². The van der Waals surface area contributed by atoms with E-state index in [1.807, 2.05) is 6.20 Å². The summed E-state index contributed by atoms with van der Waals surface area (Å²) in [6, 6.07) is 44.5. The second-order valence-electron chi connectivity index (χ2n) is 10.6. The van der Waals surface area contributed by atoms with Crippen molar-refractivity contribution in [2.45, 2.75) is 43.2 Å². The average molecular weight is 510 g/mol. The van der Waals surface area contributed by atoms with Gasteiger partial charge in [0.25, 0.3) is 0 Å². The minimum absolute atomic E-state index is 0.148. The van der Waals surface area contributed by atoms with E-state index in [4.69, 9.17) is 4.98 Å². The Bertz CT molecular complexity index is 1340. The quantitative estimate of drug-likeness (QED) is 0.232. The van der Waals surface area contributed by atoms with E-state index in [0.717, 1.165) is 17.4 Å². The van der Waals surface area contributed by atoms with Crippen molar-refractivity contribution in [3.8, 4) is 0 Å². The van der Waals surface area contributed by atoms with Gasteiger partial charge in [-0.15, -0.1) is 0 Å². The number of rotatable bonds is 9. The van der Waals surface area contributed by atoms with Gasteiger partial charge in [0.15, 0.2) is 0 Å². The maximum atomic E-state index is 4.93. The van der Waals surface area contributed by atoms with Gasteiger partial charge in [0.05, 0.1) is 5.72 Å². The zero-order valence-electron chi connectivity index (χ0n) is 21.9. The zero-order valence-corrected chi connectivity index (χ0v) is 22.9. The topological polar surface area (TPSA) is 17.8 Å². The lowest BCUT2D eigenvalue weighted by molar-refractivity contribution is 0.792. The van der Waals surface area contributed by atoms with Gasteiger partial charge in [-0.1, -0.05) is 157 Å². The lowest BCUT2D eigenvalue weighted by atomic mass is 9.58. The molecule has 0 unspecified atom stereocenters. The summed E-state index contributed by atoms with van der Waals surface area (Å²) in [6.45, 7) is 0. The number of imidazole rings is 1. The summed E-state index contributed by atoms with van der Waals surface area (Å²) in [4.78, 5) is 4.93. The molecule has 1 fully saturated rings. The second kappa shape index (κ2) is 11.4.